The minimum absolute atomic E-state index is 0.0379. The Labute approximate surface area is 138 Å². The molecule has 0 bridgehead atoms. The Morgan fingerprint density at radius 2 is 2.13 bits per heavy atom. The highest BCUT2D eigenvalue weighted by molar-refractivity contribution is 7.99. The summed E-state index contributed by atoms with van der Waals surface area (Å²) < 4.78 is 15.8. The van der Waals surface area contributed by atoms with Gasteiger partial charge in [-0.2, -0.15) is 11.8 Å². The first-order chi connectivity index (χ1) is 11.2. The van der Waals surface area contributed by atoms with Crippen molar-refractivity contribution in [3.8, 4) is 0 Å². The molecule has 0 unspecified atom stereocenters. The van der Waals surface area contributed by atoms with E-state index in [0.717, 1.165) is 36.5 Å². The van der Waals surface area contributed by atoms with Crippen molar-refractivity contribution >= 4 is 23.2 Å². The van der Waals surface area contributed by atoms with Crippen LogP contribution in [0.25, 0.3) is 5.52 Å². The molecule has 7 heteroatoms. The molecule has 1 aliphatic heterocycles. The van der Waals surface area contributed by atoms with Crippen molar-refractivity contribution in [2.45, 2.75) is 50.2 Å². The van der Waals surface area contributed by atoms with Crippen LogP contribution in [0.5, 0.6) is 0 Å². The molecule has 124 valence electrons. The van der Waals surface area contributed by atoms with E-state index in [4.69, 9.17) is 0 Å². The number of hydrogen-bond acceptors (Lipinski definition) is 5. The minimum atomic E-state index is -0.399. The Morgan fingerprint density at radius 3 is 2.91 bits per heavy atom. The third-order valence-corrected chi connectivity index (χ3v) is 6.01. The van der Waals surface area contributed by atoms with Crippen LogP contribution in [0.2, 0.25) is 0 Å². The average molecular weight is 336 g/mol. The van der Waals surface area contributed by atoms with Crippen LogP contribution in [0.4, 0.5) is 10.3 Å². The Hall–Kier alpha value is -1.34. The number of aromatic nitrogens is 3. The third-order valence-electron chi connectivity index (χ3n) is 4.91. The Balaban J connectivity index is 1.64. The molecule has 23 heavy (non-hydrogen) atoms. The summed E-state index contributed by atoms with van der Waals surface area (Å²) in [6.07, 6.45) is 6.59. The van der Waals surface area contributed by atoms with Gasteiger partial charge < -0.3 is 10.4 Å². The molecular formula is C16H21FN4OS. The molecule has 2 aromatic heterocycles. The first-order valence-electron chi connectivity index (χ1n) is 8.29. The topological polar surface area (TPSA) is 62.5 Å². The molecule has 1 saturated carbocycles. The van der Waals surface area contributed by atoms with Gasteiger partial charge in [0, 0.05) is 17.4 Å². The number of hydrogen-bond donors (Lipinski definition) is 2. The number of aliphatic hydroxyl groups is 1. The number of rotatable bonds is 3. The summed E-state index contributed by atoms with van der Waals surface area (Å²) in [5, 5.41) is 17.8. The zero-order chi connectivity index (χ0) is 15.8. The van der Waals surface area contributed by atoms with Crippen LogP contribution < -0.4 is 5.32 Å². The van der Waals surface area contributed by atoms with Crippen LogP contribution in [-0.4, -0.2) is 43.4 Å². The van der Waals surface area contributed by atoms with Gasteiger partial charge in [0.15, 0.2) is 5.82 Å². The molecule has 5 nitrogen and oxygen atoms in total. The molecule has 2 atom stereocenters. The van der Waals surface area contributed by atoms with Gasteiger partial charge in [0.2, 0.25) is 5.95 Å². The Morgan fingerprint density at radius 1 is 1.30 bits per heavy atom. The zero-order valence-corrected chi connectivity index (χ0v) is 13.7. The van der Waals surface area contributed by atoms with Gasteiger partial charge in [-0.1, -0.05) is 12.8 Å². The lowest BCUT2D eigenvalue weighted by Gasteiger charge is -2.27. The van der Waals surface area contributed by atoms with Gasteiger partial charge in [-0.05, 0) is 31.1 Å². The van der Waals surface area contributed by atoms with E-state index in [0.29, 0.717) is 17.4 Å². The molecule has 0 spiro atoms. The predicted octanol–water partition coefficient (Wildman–Crippen LogP) is 2.80. The van der Waals surface area contributed by atoms with Crippen molar-refractivity contribution in [1.82, 2.24) is 14.6 Å². The number of nitrogens with zero attached hydrogens (tertiary/aromatic N) is 3. The van der Waals surface area contributed by atoms with Crippen molar-refractivity contribution in [2.24, 2.45) is 0 Å². The lowest BCUT2D eigenvalue weighted by molar-refractivity contribution is 0.170. The molecule has 1 saturated heterocycles. The fraction of sp³-hybridized carbons (Fsp3) is 0.625. The minimum Gasteiger partial charge on any atom is -0.390 e. The molecule has 0 amide bonds. The van der Waals surface area contributed by atoms with Gasteiger partial charge in [-0.25, -0.2) is 13.9 Å². The normalized spacial score (nSPS) is 26.0. The van der Waals surface area contributed by atoms with Crippen molar-refractivity contribution in [3.05, 3.63) is 23.8 Å². The maximum Gasteiger partial charge on any atom is 0.241 e. The van der Waals surface area contributed by atoms with Crippen LogP contribution in [0.1, 0.15) is 43.7 Å². The number of anilines is 1. The number of nitrogens with one attached hydrogen (secondary N) is 1. The quantitative estimate of drug-likeness (QED) is 0.902. The lowest BCUT2D eigenvalue weighted by atomic mass is 10.1. The molecule has 1 aliphatic carbocycles. The second-order valence-electron chi connectivity index (χ2n) is 6.46. The molecule has 4 rings (SSSR count). The van der Waals surface area contributed by atoms with Gasteiger partial charge in [-0.15, -0.1) is 5.10 Å². The highest BCUT2D eigenvalue weighted by Gasteiger charge is 2.26. The van der Waals surface area contributed by atoms with E-state index in [1.807, 2.05) is 0 Å². The van der Waals surface area contributed by atoms with Crippen molar-refractivity contribution < 1.29 is 9.50 Å². The Bertz CT molecular complexity index is 701. The summed E-state index contributed by atoms with van der Waals surface area (Å²) in [6, 6.07) is 1.57. The zero-order valence-electron chi connectivity index (χ0n) is 12.9. The fourth-order valence-electron chi connectivity index (χ4n) is 3.61. The largest absolute Gasteiger partial charge is 0.390 e. The molecular weight excluding hydrogens is 315 g/mol. The highest BCUT2D eigenvalue weighted by Crippen LogP contribution is 2.35. The molecule has 2 aromatic rings. The second kappa shape index (κ2) is 6.28. The SMILES string of the molecule is O[C@H]1CSCC[C@@H]1Nc1ncc2c(F)cc(C3CCCC3)n2n1. The predicted molar refractivity (Wildman–Crippen MR) is 89.5 cm³/mol. The van der Waals surface area contributed by atoms with Crippen molar-refractivity contribution in [1.29, 1.82) is 0 Å². The van der Waals surface area contributed by atoms with E-state index in [9.17, 15) is 9.50 Å². The van der Waals surface area contributed by atoms with Gasteiger partial charge in [0.1, 0.15) is 5.52 Å². The van der Waals surface area contributed by atoms with E-state index < -0.39 is 6.10 Å². The maximum atomic E-state index is 14.1. The van der Waals surface area contributed by atoms with Gasteiger partial charge in [0.05, 0.1) is 18.3 Å². The van der Waals surface area contributed by atoms with E-state index >= 15 is 0 Å². The standard InChI is InChI=1S/C16H21FN4OS/c17-11-7-13(10-3-1-2-4-10)21-14(11)8-18-16(20-21)19-12-5-6-23-9-15(12)22/h7-8,10,12,15,22H,1-6,9H2,(H,19,20)/t12-,15-/m0/s1. The second-order valence-corrected chi connectivity index (χ2v) is 7.61. The summed E-state index contributed by atoms with van der Waals surface area (Å²) in [5.74, 6) is 2.33. The maximum absolute atomic E-state index is 14.1. The highest BCUT2D eigenvalue weighted by atomic mass is 32.2. The van der Waals surface area contributed by atoms with Gasteiger partial charge in [-0.3, -0.25) is 0 Å². The molecule has 2 N–H and O–H groups in total. The summed E-state index contributed by atoms with van der Waals surface area (Å²) >= 11 is 1.76. The summed E-state index contributed by atoms with van der Waals surface area (Å²) in [6.45, 7) is 0. The monoisotopic (exact) mass is 336 g/mol. The fourth-order valence-corrected chi connectivity index (χ4v) is 4.67. The number of halogens is 1. The summed E-state index contributed by atoms with van der Waals surface area (Å²) in [4.78, 5) is 4.24. The lowest BCUT2D eigenvalue weighted by Crippen LogP contribution is -2.39. The Kier molecular flexibility index (Phi) is 4.15. The number of thioether (sulfide) groups is 1. The molecule has 0 radical (unpaired) electrons. The van der Waals surface area contributed by atoms with Crippen LogP contribution in [-0.2, 0) is 0 Å². The molecule has 0 aromatic carbocycles. The van der Waals surface area contributed by atoms with Crippen molar-refractivity contribution in [3.63, 3.8) is 0 Å². The average Bonchev–Trinajstić information content (AvgIpc) is 3.18. The van der Waals surface area contributed by atoms with Crippen LogP contribution >= 0.6 is 11.8 Å². The van der Waals surface area contributed by atoms with E-state index in [1.54, 1.807) is 22.3 Å². The number of fused-ring (bicyclic) bond motifs is 1. The smallest absolute Gasteiger partial charge is 0.241 e. The van der Waals surface area contributed by atoms with Crippen LogP contribution in [0.15, 0.2) is 12.3 Å². The summed E-state index contributed by atoms with van der Waals surface area (Å²) in [7, 11) is 0. The first kappa shape index (κ1) is 15.2. The van der Waals surface area contributed by atoms with Crippen LogP contribution in [0.3, 0.4) is 0 Å². The van der Waals surface area contributed by atoms with E-state index in [1.165, 1.54) is 19.0 Å². The van der Waals surface area contributed by atoms with Crippen molar-refractivity contribution in [2.75, 3.05) is 16.8 Å². The van der Waals surface area contributed by atoms with Gasteiger partial charge in [0.25, 0.3) is 0 Å². The number of aliphatic hydroxyl groups excluding tert-OH is 1. The van der Waals surface area contributed by atoms with Crippen LogP contribution in [0, 0.1) is 5.82 Å². The molecule has 2 aliphatic rings. The summed E-state index contributed by atoms with van der Waals surface area (Å²) in [5.41, 5.74) is 1.37. The van der Waals surface area contributed by atoms with E-state index in [-0.39, 0.29) is 11.9 Å². The molecule has 3 heterocycles. The van der Waals surface area contributed by atoms with E-state index in [2.05, 4.69) is 15.4 Å². The van der Waals surface area contributed by atoms with Gasteiger partial charge >= 0.3 is 0 Å². The first-order valence-corrected chi connectivity index (χ1v) is 9.44. The third kappa shape index (κ3) is 2.92. The molecule has 2 fully saturated rings.